The van der Waals surface area contributed by atoms with Crippen LogP contribution in [-0.2, 0) is 4.74 Å². The van der Waals surface area contributed by atoms with Gasteiger partial charge in [-0.2, -0.15) is 0 Å². The average Bonchev–Trinajstić information content (AvgIpc) is 2.45. The van der Waals surface area contributed by atoms with Gasteiger partial charge in [-0.15, -0.1) is 0 Å². The third kappa shape index (κ3) is 3.45. The van der Waals surface area contributed by atoms with E-state index in [0.717, 1.165) is 25.9 Å². The van der Waals surface area contributed by atoms with E-state index in [9.17, 15) is 14.9 Å². The lowest BCUT2D eigenvalue weighted by molar-refractivity contribution is -0.384. The van der Waals surface area contributed by atoms with Crippen LogP contribution in [0.5, 0.6) is 0 Å². The van der Waals surface area contributed by atoms with Crippen molar-refractivity contribution in [1.82, 2.24) is 0 Å². The predicted molar refractivity (Wildman–Crippen MR) is 73.7 cm³/mol. The number of hydrogen-bond donors (Lipinski definition) is 2. The summed E-state index contributed by atoms with van der Waals surface area (Å²) < 4.78 is 5.56. The lowest BCUT2D eigenvalue weighted by Gasteiger charge is -2.23. The Kier molecular flexibility index (Phi) is 4.52. The summed E-state index contributed by atoms with van der Waals surface area (Å²) in [5, 5.41) is 14.0. The van der Waals surface area contributed by atoms with Crippen molar-refractivity contribution in [2.45, 2.75) is 25.4 Å². The number of nitro benzene ring substituents is 1. The first-order chi connectivity index (χ1) is 9.58. The van der Waals surface area contributed by atoms with E-state index in [-0.39, 0.29) is 17.4 Å². The van der Waals surface area contributed by atoms with Crippen molar-refractivity contribution >= 4 is 17.3 Å². The van der Waals surface area contributed by atoms with E-state index in [1.54, 1.807) is 0 Å². The van der Waals surface area contributed by atoms with Crippen LogP contribution in [0, 0.1) is 10.1 Å². The van der Waals surface area contributed by atoms with E-state index in [1.807, 2.05) is 0 Å². The molecule has 1 aliphatic heterocycles. The van der Waals surface area contributed by atoms with Crippen LogP contribution in [0.1, 0.15) is 29.6 Å². The van der Waals surface area contributed by atoms with E-state index in [4.69, 9.17) is 10.5 Å². The SMILES string of the molecule is NC(=O)c1ccc(NCC2CCCCO2)c([N+](=O)[O-])c1. The minimum Gasteiger partial charge on any atom is -0.377 e. The Morgan fingerprint density at radius 3 is 2.90 bits per heavy atom. The molecule has 1 amide bonds. The molecule has 1 heterocycles. The molecule has 1 aromatic rings. The van der Waals surface area contributed by atoms with Crippen molar-refractivity contribution in [2.75, 3.05) is 18.5 Å². The number of nitro groups is 1. The van der Waals surface area contributed by atoms with Gasteiger partial charge in [-0.25, -0.2) is 0 Å². The molecule has 1 atom stereocenters. The van der Waals surface area contributed by atoms with E-state index in [2.05, 4.69) is 5.32 Å². The maximum Gasteiger partial charge on any atom is 0.293 e. The molecule has 0 aliphatic carbocycles. The topological polar surface area (TPSA) is 107 Å². The first-order valence-corrected chi connectivity index (χ1v) is 6.51. The molecule has 2 rings (SSSR count). The second-order valence-corrected chi connectivity index (χ2v) is 4.72. The number of benzene rings is 1. The molecular weight excluding hydrogens is 262 g/mol. The summed E-state index contributed by atoms with van der Waals surface area (Å²) >= 11 is 0. The van der Waals surface area contributed by atoms with Gasteiger partial charge >= 0.3 is 0 Å². The molecule has 0 aromatic heterocycles. The maximum absolute atomic E-state index is 11.1. The standard InChI is InChI=1S/C13H17N3O4/c14-13(17)9-4-5-11(12(7-9)16(18)19)15-8-10-3-1-2-6-20-10/h4-5,7,10,15H,1-3,6,8H2,(H2,14,17). The third-order valence-electron chi connectivity index (χ3n) is 3.27. The van der Waals surface area contributed by atoms with Gasteiger partial charge in [-0.05, 0) is 31.4 Å². The highest BCUT2D eigenvalue weighted by Gasteiger charge is 2.19. The second kappa shape index (κ2) is 6.33. The van der Waals surface area contributed by atoms with Crippen LogP contribution >= 0.6 is 0 Å². The molecule has 7 heteroatoms. The van der Waals surface area contributed by atoms with Gasteiger partial charge in [0.15, 0.2) is 0 Å². The van der Waals surface area contributed by atoms with Crippen LogP contribution in [0.2, 0.25) is 0 Å². The zero-order chi connectivity index (χ0) is 14.5. The van der Waals surface area contributed by atoms with Gasteiger partial charge in [0.2, 0.25) is 5.91 Å². The highest BCUT2D eigenvalue weighted by molar-refractivity contribution is 5.94. The normalized spacial score (nSPS) is 18.5. The van der Waals surface area contributed by atoms with Gasteiger partial charge in [0.1, 0.15) is 5.69 Å². The second-order valence-electron chi connectivity index (χ2n) is 4.72. The number of rotatable bonds is 5. The molecule has 1 fully saturated rings. The summed E-state index contributed by atoms with van der Waals surface area (Å²) in [5.74, 6) is -0.685. The molecule has 20 heavy (non-hydrogen) atoms. The fourth-order valence-corrected chi connectivity index (χ4v) is 2.18. The van der Waals surface area contributed by atoms with Crippen molar-refractivity contribution < 1.29 is 14.5 Å². The van der Waals surface area contributed by atoms with E-state index in [0.29, 0.717) is 12.2 Å². The van der Waals surface area contributed by atoms with Crippen molar-refractivity contribution in [3.05, 3.63) is 33.9 Å². The molecule has 1 saturated heterocycles. The Balaban J connectivity index is 2.09. The number of nitrogens with zero attached hydrogens (tertiary/aromatic N) is 1. The fourth-order valence-electron chi connectivity index (χ4n) is 2.18. The Labute approximate surface area is 116 Å². The third-order valence-corrected chi connectivity index (χ3v) is 3.27. The molecule has 3 N–H and O–H groups in total. The van der Waals surface area contributed by atoms with Crippen molar-refractivity contribution in [1.29, 1.82) is 0 Å². The number of ether oxygens (including phenoxy) is 1. The van der Waals surface area contributed by atoms with E-state index >= 15 is 0 Å². The summed E-state index contributed by atoms with van der Waals surface area (Å²) in [5.41, 5.74) is 5.46. The highest BCUT2D eigenvalue weighted by Crippen LogP contribution is 2.26. The minimum absolute atomic E-state index is 0.0687. The van der Waals surface area contributed by atoms with Gasteiger partial charge in [-0.1, -0.05) is 0 Å². The first kappa shape index (κ1) is 14.3. The lowest BCUT2D eigenvalue weighted by atomic mass is 10.1. The van der Waals surface area contributed by atoms with Crippen LogP contribution < -0.4 is 11.1 Å². The summed E-state index contributed by atoms with van der Waals surface area (Å²) in [7, 11) is 0. The van der Waals surface area contributed by atoms with Crippen molar-refractivity contribution in [3.8, 4) is 0 Å². The summed E-state index contributed by atoms with van der Waals surface area (Å²) in [6.07, 6.45) is 3.18. The number of nitrogens with one attached hydrogen (secondary N) is 1. The number of carbonyl (C=O) groups is 1. The Hall–Kier alpha value is -2.15. The van der Waals surface area contributed by atoms with Gasteiger partial charge in [-0.3, -0.25) is 14.9 Å². The zero-order valence-electron chi connectivity index (χ0n) is 11.0. The zero-order valence-corrected chi connectivity index (χ0v) is 11.0. The monoisotopic (exact) mass is 279 g/mol. The first-order valence-electron chi connectivity index (χ1n) is 6.51. The number of amides is 1. The quantitative estimate of drug-likeness (QED) is 0.629. The molecule has 1 unspecified atom stereocenters. The van der Waals surface area contributed by atoms with Crippen molar-refractivity contribution in [3.63, 3.8) is 0 Å². The van der Waals surface area contributed by atoms with E-state index in [1.165, 1.54) is 18.2 Å². The van der Waals surface area contributed by atoms with Crippen LogP contribution in [0.15, 0.2) is 18.2 Å². The molecule has 0 radical (unpaired) electrons. The van der Waals surface area contributed by atoms with Gasteiger partial charge in [0.05, 0.1) is 11.0 Å². The molecule has 1 aromatic carbocycles. The van der Waals surface area contributed by atoms with Gasteiger partial charge in [0.25, 0.3) is 5.69 Å². The average molecular weight is 279 g/mol. The predicted octanol–water partition coefficient (Wildman–Crippen LogP) is 1.67. The highest BCUT2D eigenvalue weighted by atomic mass is 16.6. The summed E-state index contributed by atoms with van der Waals surface area (Å²) in [6.45, 7) is 1.24. The van der Waals surface area contributed by atoms with E-state index < -0.39 is 10.8 Å². The van der Waals surface area contributed by atoms with Crippen LogP contribution in [0.4, 0.5) is 11.4 Å². The molecule has 7 nitrogen and oxygen atoms in total. The Morgan fingerprint density at radius 2 is 2.30 bits per heavy atom. The number of primary amides is 1. The largest absolute Gasteiger partial charge is 0.377 e. The number of carbonyl (C=O) groups excluding carboxylic acids is 1. The fraction of sp³-hybridized carbons (Fsp3) is 0.462. The molecular formula is C13H17N3O4. The minimum atomic E-state index is -0.685. The Morgan fingerprint density at radius 1 is 1.50 bits per heavy atom. The van der Waals surface area contributed by atoms with Crippen LogP contribution in [0.3, 0.4) is 0 Å². The molecule has 0 saturated carbocycles. The van der Waals surface area contributed by atoms with Gasteiger partial charge in [0, 0.05) is 24.8 Å². The molecule has 1 aliphatic rings. The maximum atomic E-state index is 11.1. The number of anilines is 1. The summed E-state index contributed by atoms with van der Waals surface area (Å²) in [4.78, 5) is 21.6. The summed E-state index contributed by atoms with van der Waals surface area (Å²) in [6, 6.07) is 4.16. The lowest BCUT2D eigenvalue weighted by Crippen LogP contribution is -2.27. The van der Waals surface area contributed by atoms with Crippen LogP contribution in [-0.4, -0.2) is 30.1 Å². The van der Waals surface area contributed by atoms with Crippen LogP contribution in [0.25, 0.3) is 0 Å². The molecule has 0 spiro atoms. The molecule has 0 bridgehead atoms. The van der Waals surface area contributed by atoms with Crippen molar-refractivity contribution in [2.24, 2.45) is 5.73 Å². The number of nitrogens with two attached hydrogens (primary N) is 1. The van der Waals surface area contributed by atoms with Gasteiger partial charge < -0.3 is 15.8 Å². The smallest absolute Gasteiger partial charge is 0.293 e. The Bertz CT molecular complexity index is 512. The number of hydrogen-bond acceptors (Lipinski definition) is 5. The molecule has 108 valence electrons.